The molecule has 21 heavy (non-hydrogen) atoms. The number of aliphatic hydroxyl groups is 1. The Bertz CT molecular complexity index is 536. The number of amides is 1. The van der Waals surface area contributed by atoms with Crippen molar-refractivity contribution in [3.05, 3.63) is 27.7 Å². The molecule has 0 aromatic heterocycles. The summed E-state index contributed by atoms with van der Waals surface area (Å²) in [6, 6.07) is 4.03. The summed E-state index contributed by atoms with van der Waals surface area (Å²) in [6.07, 6.45) is -1.43. The molecule has 1 aromatic carbocycles. The van der Waals surface area contributed by atoms with E-state index in [4.69, 9.17) is 10.2 Å². The summed E-state index contributed by atoms with van der Waals surface area (Å²) in [6.45, 7) is 4.11. The van der Waals surface area contributed by atoms with Crippen molar-refractivity contribution in [2.24, 2.45) is 0 Å². The zero-order chi connectivity index (χ0) is 16.0. The van der Waals surface area contributed by atoms with Gasteiger partial charge in [0.05, 0.1) is 5.75 Å². The summed E-state index contributed by atoms with van der Waals surface area (Å²) in [5, 5.41) is 20.2. The van der Waals surface area contributed by atoms with Crippen LogP contribution in [-0.4, -0.2) is 40.5 Å². The summed E-state index contributed by atoms with van der Waals surface area (Å²) < 4.78 is 1.04. The molecule has 0 aliphatic rings. The fraction of sp³-hybridized carbons (Fsp3) is 0.429. The zero-order valence-corrected chi connectivity index (χ0v) is 14.3. The van der Waals surface area contributed by atoms with E-state index in [2.05, 4.69) is 21.2 Å². The number of aliphatic hydroxyl groups excluding tert-OH is 1. The molecule has 0 saturated carbocycles. The number of hydrogen-bond donors (Lipinski definition) is 3. The van der Waals surface area contributed by atoms with Gasteiger partial charge in [-0.25, -0.2) is 4.79 Å². The molecule has 3 N–H and O–H groups in total. The maximum absolute atomic E-state index is 11.7. The minimum absolute atomic E-state index is 0.00214. The van der Waals surface area contributed by atoms with Gasteiger partial charge in [0.15, 0.2) is 6.10 Å². The Morgan fingerprint density at radius 1 is 1.33 bits per heavy atom. The molecule has 0 unspecified atom stereocenters. The van der Waals surface area contributed by atoms with Crippen molar-refractivity contribution in [3.63, 3.8) is 0 Å². The summed E-state index contributed by atoms with van der Waals surface area (Å²) in [5.41, 5.74) is 2.19. The van der Waals surface area contributed by atoms with Gasteiger partial charge in [-0.1, -0.05) is 15.9 Å². The molecular weight excluding hydrogens is 358 g/mol. The SMILES string of the molecule is Cc1cc(SCC(=O)NCC[C@H](O)C(=O)O)c(C)cc1Br. The second-order valence-electron chi connectivity index (χ2n) is 4.65. The van der Waals surface area contributed by atoms with Crippen LogP contribution in [0, 0.1) is 13.8 Å². The first-order valence-electron chi connectivity index (χ1n) is 6.38. The van der Waals surface area contributed by atoms with Gasteiger partial charge < -0.3 is 15.5 Å². The summed E-state index contributed by atoms with van der Waals surface area (Å²) >= 11 is 4.89. The Labute approximate surface area is 136 Å². The van der Waals surface area contributed by atoms with Crippen LogP contribution < -0.4 is 5.32 Å². The van der Waals surface area contributed by atoms with Gasteiger partial charge in [-0.15, -0.1) is 11.8 Å². The predicted molar refractivity (Wildman–Crippen MR) is 85.6 cm³/mol. The molecule has 1 atom stereocenters. The summed E-state index contributed by atoms with van der Waals surface area (Å²) in [5.74, 6) is -1.21. The molecule has 0 aliphatic heterocycles. The molecule has 0 heterocycles. The minimum atomic E-state index is -1.44. The molecule has 0 saturated heterocycles. The quantitative estimate of drug-likeness (QED) is 0.635. The van der Waals surface area contributed by atoms with E-state index in [1.807, 2.05) is 26.0 Å². The number of aryl methyl sites for hydroxylation is 2. The Hall–Kier alpha value is -1.05. The van der Waals surface area contributed by atoms with E-state index < -0.39 is 12.1 Å². The molecular formula is C14H18BrNO4S. The lowest BCUT2D eigenvalue weighted by Gasteiger charge is -2.10. The van der Waals surface area contributed by atoms with Crippen LogP contribution in [0.25, 0.3) is 0 Å². The summed E-state index contributed by atoms with van der Waals surface area (Å²) in [4.78, 5) is 23.1. The van der Waals surface area contributed by atoms with E-state index >= 15 is 0 Å². The van der Waals surface area contributed by atoms with Gasteiger partial charge in [0.1, 0.15) is 0 Å². The van der Waals surface area contributed by atoms with E-state index in [9.17, 15) is 9.59 Å². The number of carbonyl (C=O) groups is 2. The van der Waals surface area contributed by atoms with E-state index in [0.29, 0.717) is 0 Å². The lowest BCUT2D eigenvalue weighted by Crippen LogP contribution is -2.31. The van der Waals surface area contributed by atoms with E-state index in [0.717, 1.165) is 20.5 Å². The van der Waals surface area contributed by atoms with Gasteiger partial charge in [0.25, 0.3) is 0 Å². The van der Waals surface area contributed by atoms with Crippen LogP contribution in [0.15, 0.2) is 21.5 Å². The fourth-order valence-corrected chi connectivity index (χ4v) is 2.97. The highest BCUT2D eigenvalue weighted by Gasteiger charge is 2.13. The third kappa shape index (κ3) is 6.07. The van der Waals surface area contributed by atoms with Gasteiger partial charge in [-0.05, 0) is 37.1 Å². The number of benzene rings is 1. The molecule has 0 fully saturated rings. The molecule has 0 spiro atoms. The first-order chi connectivity index (χ1) is 9.81. The van der Waals surface area contributed by atoms with E-state index in [-0.39, 0.29) is 24.6 Å². The molecule has 5 nitrogen and oxygen atoms in total. The Morgan fingerprint density at radius 3 is 2.62 bits per heavy atom. The Balaban J connectivity index is 2.40. The van der Waals surface area contributed by atoms with Crippen LogP contribution in [0.2, 0.25) is 0 Å². The zero-order valence-electron chi connectivity index (χ0n) is 11.9. The van der Waals surface area contributed by atoms with Crippen molar-refractivity contribution >= 4 is 39.6 Å². The number of thioether (sulfide) groups is 1. The third-order valence-corrected chi connectivity index (χ3v) is 4.85. The van der Waals surface area contributed by atoms with Crippen molar-refractivity contribution in [1.82, 2.24) is 5.32 Å². The van der Waals surface area contributed by atoms with Crippen molar-refractivity contribution in [3.8, 4) is 0 Å². The van der Waals surface area contributed by atoms with Crippen LogP contribution >= 0.6 is 27.7 Å². The van der Waals surface area contributed by atoms with Gasteiger partial charge in [0, 0.05) is 22.3 Å². The molecule has 0 aliphatic carbocycles. The molecule has 1 rings (SSSR count). The Morgan fingerprint density at radius 2 is 2.00 bits per heavy atom. The number of nitrogens with one attached hydrogen (secondary N) is 1. The van der Waals surface area contributed by atoms with Crippen molar-refractivity contribution < 1.29 is 19.8 Å². The van der Waals surface area contributed by atoms with Gasteiger partial charge >= 0.3 is 5.97 Å². The fourth-order valence-electron chi connectivity index (χ4n) is 1.58. The van der Waals surface area contributed by atoms with Crippen LogP contribution in [0.4, 0.5) is 0 Å². The van der Waals surface area contributed by atoms with Gasteiger partial charge in [0.2, 0.25) is 5.91 Å². The van der Waals surface area contributed by atoms with Gasteiger partial charge in [-0.2, -0.15) is 0 Å². The molecule has 0 bridgehead atoms. The number of halogens is 1. The van der Waals surface area contributed by atoms with Crippen LogP contribution in [-0.2, 0) is 9.59 Å². The predicted octanol–water partition coefficient (Wildman–Crippen LogP) is 2.11. The average molecular weight is 376 g/mol. The Kier molecular flexibility index (Phi) is 7.21. The highest BCUT2D eigenvalue weighted by molar-refractivity contribution is 9.10. The highest BCUT2D eigenvalue weighted by atomic mass is 79.9. The molecule has 0 radical (unpaired) electrons. The lowest BCUT2D eigenvalue weighted by atomic mass is 10.2. The number of rotatable bonds is 7. The van der Waals surface area contributed by atoms with Gasteiger partial charge in [-0.3, -0.25) is 4.79 Å². The highest BCUT2D eigenvalue weighted by Crippen LogP contribution is 2.28. The van der Waals surface area contributed by atoms with E-state index in [1.165, 1.54) is 11.8 Å². The van der Waals surface area contributed by atoms with Crippen molar-refractivity contribution in [2.75, 3.05) is 12.3 Å². The molecule has 1 aromatic rings. The number of carboxylic acid groups (broad SMARTS) is 1. The standard InChI is InChI=1S/C14H18BrNO4S/c1-8-6-12(9(2)5-10(8)15)21-7-13(18)16-4-3-11(17)14(19)20/h5-6,11,17H,3-4,7H2,1-2H3,(H,16,18)(H,19,20)/t11-/m0/s1. The topological polar surface area (TPSA) is 86.6 Å². The average Bonchev–Trinajstić information content (AvgIpc) is 2.41. The second-order valence-corrected chi connectivity index (χ2v) is 6.52. The first kappa shape index (κ1) is 18.0. The maximum atomic E-state index is 11.7. The smallest absolute Gasteiger partial charge is 0.332 e. The maximum Gasteiger partial charge on any atom is 0.332 e. The normalized spacial score (nSPS) is 12.0. The van der Waals surface area contributed by atoms with Crippen LogP contribution in [0.3, 0.4) is 0 Å². The van der Waals surface area contributed by atoms with Crippen LogP contribution in [0.1, 0.15) is 17.5 Å². The largest absolute Gasteiger partial charge is 0.479 e. The number of carbonyl (C=O) groups excluding carboxylic acids is 1. The minimum Gasteiger partial charge on any atom is -0.479 e. The van der Waals surface area contributed by atoms with E-state index in [1.54, 1.807) is 0 Å². The van der Waals surface area contributed by atoms with Crippen molar-refractivity contribution in [2.45, 2.75) is 31.3 Å². The second kappa shape index (κ2) is 8.41. The number of aliphatic carboxylic acids is 1. The number of carboxylic acids is 1. The molecule has 116 valence electrons. The summed E-state index contributed by atoms with van der Waals surface area (Å²) in [7, 11) is 0. The molecule has 1 amide bonds. The first-order valence-corrected chi connectivity index (χ1v) is 8.16. The van der Waals surface area contributed by atoms with Crippen molar-refractivity contribution in [1.29, 1.82) is 0 Å². The molecule has 7 heteroatoms. The van der Waals surface area contributed by atoms with Crippen LogP contribution in [0.5, 0.6) is 0 Å². The third-order valence-electron chi connectivity index (χ3n) is 2.84. The number of hydrogen-bond acceptors (Lipinski definition) is 4. The monoisotopic (exact) mass is 375 g/mol. The lowest BCUT2D eigenvalue weighted by molar-refractivity contribution is -0.147.